The summed E-state index contributed by atoms with van der Waals surface area (Å²) >= 11 is 0. The average molecular weight is 309 g/mol. The van der Waals surface area contributed by atoms with Gasteiger partial charge in [-0.3, -0.25) is 19.6 Å². The van der Waals surface area contributed by atoms with Crippen molar-refractivity contribution in [3.05, 3.63) is 0 Å². The Balaban J connectivity index is 1.60. The predicted molar refractivity (Wildman–Crippen MR) is 77.4 cm³/mol. The lowest BCUT2D eigenvalue weighted by Crippen LogP contribution is -2.60. The largest absolute Gasteiger partial charge is 0.395 e. The molecule has 3 heterocycles. The lowest BCUT2D eigenvalue weighted by Gasteiger charge is -2.41. The molecule has 4 amide bonds. The zero-order chi connectivity index (χ0) is 15.3. The van der Waals surface area contributed by atoms with E-state index in [1.54, 1.807) is 9.80 Å². The Morgan fingerprint density at radius 3 is 2.55 bits per heavy atom. The van der Waals surface area contributed by atoms with Gasteiger partial charge in [-0.2, -0.15) is 0 Å². The molecule has 4 rings (SSSR count). The molecule has 0 spiro atoms. The third kappa shape index (κ3) is 1.97. The van der Waals surface area contributed by atoms with Crippen LogP contribution in [0.3, 0.4) is 0 Å². The molecule has 1 saturated carbocycles. The topological polar surface area (TPSA) is 79.4 Å². The summed E-state index contributed by atoms with van der Waals surface area (Å²) in [7, 11) is 0. The van der Waals surface area contributed by atoms with Crippen molar-refractivity contribution in [3.8, 4) is 0 Å². The number of urea groups is 2. The molecule has 8 nitrogen and oxygen atoms in total. The monoisotopic (exact) mass is 309 g/mol. The molecule has 0 unspecified atom stereocenters. The molecule has 122 valence electrons. The molecule has 22 heavy (non-hydrogen) atoms. The Kier molecular flexibility index (Phi) is 3.37. The van der Waals surface area contributed by atoms with E-state index in [-0.39, 0.29) is 37.0 Å². The molecule has 0 aromatic heterocycles. The first-order valence-electron chi connectivity index (χ1n) is 8.20. The fourth-order valence-electron chi connectivity index (χ4n) is 4.30. The second-order valence-electron chi connectivity index (χ2n) is 6.63. The lowest BCUT2D eigenvalue weighted by molar-refractivity contribution is -0.0165. The van der Waals surface area contributed by atoms with Gasteiger partial charge >= 0.3 is 12.1 Å². The Morgan fingerprint density at radius 2 is 1.82 bits per heavy atom. The van der Waals surface area contributed by atoms with Crippen LogP contribution in [0.2, 0.25) is 0 Å². The number of hydrogen-bond donors (Lipinski definition) is 2. The minimum absolute atomic E-state index is 0.0227. The number of β-amino-alcohol motifs (C(OH)–C–C–N with tert-alkyl or cyclic N) is 1. The number of aliphatic hydroxyl groups excluding tert-OH is 1. The molecule has 4 fully saturated rings. The number of amides is 4. The number of aliphatic hydroxyl groups is 1. The highest BCUT2D eigenvalue weighted by molar-refractivity contribution is 5.85. The zero-order valence-electron chi connectivity index (χ0n) is 12.6. The maximum Gasteiger partial charge on any atom is 0.324 e. The van der Waals surface area contributed by atoms with Gasteiger partial charge in [0.15, 0.2) is 6.17 Å². The summed E-state index contributed by atoms with van der Waals surface area (Å²) in [6.07, 6.45) is 5.17. The van der Waals surface area contributed by atoms with Crippen LogP contribution in [0.4, 0.5) is 9.59 Å². The van der Waals surface area contributed by atoms with Gasteiger partial charge in [0, 0.05) is 12.6 Å². The summed E-state index contributed by atoms with van der Waals surface area (Å²) in [6, 6.07) is 0.147. The molecular formula is C14H23N5O3. The van der Waals surface area contributed by atoms with E-state index >= 15 is 0 Å². The Hall–Kier alpha value is -1.54. The van der Waals surface area contributed by atoms with Crippen molar-refractivity contribution >= 4 is 12.1 Å². The van der Waals surface area contributed by atoms with Gasteiger partial charge in [-0.05, 0) is 12.8 Å². The Bertz CT molecular complexity index is 481. The van der Waals surface area contributed by atoms with Crippen molar-refractivity contribution in [2.24, 2.45) is 0 Å². The van der Waals surface area contributed by atoms with Crippen LogP contribution in [0.5, 0.6) is 0 Å². The molecule has 0 aromatic rings. The molecule has 1 aliphatic carbocycles. The predicted octanol–water partition coefficient (Wildman–Crippen LogP) is -0.0430. The van der Waals surface area contributed by atoms with Crippen LogP contribution >= 0.6 is 0 Å². The smallest absolute Gasteiger partial charge is 0.324 e. The number of hydrogen-bond acceptors (Lipinski definition) is 4. The van der Waals surface area contributed by atoms with E-state index in [0.29, 0.717) is 19.9 Å². The van der Waals surface area contributed by atoms with E-state index in [2.05, 4.69) is 5.32 Å². The SMILES string of the molecule is O=C1N[C@H]2[C@H]3N1CN(CCO)CN3C(=O)N2C1CCCCC1. The first-order valence-corrected chi connectivity index (χ1v) is 8.20. The van der Waals surface area contributed by atoms with Crippen molar-refractivity contribution in [2.45, 2.75) is 50.5 Å². The van der Waals surface area contributed by atoms with Gasteiger partial charge in [-0.1, -0.05) is 19.3 Å². The van der Waals surface area contributed by atoms with Crippen LogP contribution in [0.1, 0.15) is 32.1 Å². The Morgan fingerprint density at radius 1 is 1.09 bits per heavy atom. The third-order valence-electron chi connectivity index (χ3n) is 5.31. The highest BCUT2D eigenvalue weighted by atomic mass is 16.3. The molecule has 0 aromatic carbocycles. The summed E-state index contributed by atoms with van der Waals surface area (Å²) in [5, 5.41) is 12.1. The minimum atomic E-state index is -0.223. The normalized spacial score (nSPS) is 32.7. The lowest BCUT2D eigenvalue weighted by atomic mass is 9.94. The molecule has 0 radical (unpaired) electrons. The summed E-state index contributed by atoms with van der Waals surface area (Å²) in [5.41, 5.74) is 0. The van der Waals surface area contributed by atoms with E-state index in [1.807, 2.05) is 9.80 Å². The molecular weight excluding hydrogens is 286 g/mol. The van der Waals surface area contributed by atoms with Crippen molar-refractivity contribution < 1.29 is 14.7 Å². The standard InChI is InChI=1S/C14H23N5O3/c20-7-6-16-8-17-12-11(15-13(17)21)19(14(22)18(12)9-16)10-4-2-1-3-5-10/h10-12,20H,1-9H2,(H,15,21)/t11-,12+/m1/s1. The van der Waals surface area contributed by atoms with Crippen LogP contribution in [-0.4, -0.2) is 81.6 Å². The van der Waals surface area contributed by atoms with Crippen LogP contribution in [0.15, 0.2) is 0 Å². The van der Waals surface area contributed by atoms with Gasteiger partial charge in [0.2, 0.25) is 0 Å². The number of rotatable bonds is 3. The van der Waals surface area contributed by atoms with Gasteiger partial charge in [0.05, 0.1) is 19.9 Å². The van der Waals surface area contributed by atoms with E-state index < -0.39 is 0 Å². The van der Waals surface area contributed by atoms with Crippen molar-refractivity contribution in [2.75, 3.05) is 26.5 Å². The summed E-state index contributed by atoms with van der Waals surface area (Å²) in [6.45, 7) is 1.44. The zero-order valence-corrected chi connectivity index (χ0v) is 12.6. The molecule has 0 bridgehead atoms. The molecule has 2 atom stereocenters. The summed E-state index contributed by atoms with van der Waals surface area (Å²) < 4.78 is 0. The highest BCUT2D eigenvalue weighted by Crippen LogP contribution is 2.36. The second-order valence-corrected chi connectivity index (χ2v) is 6.63. The fraction of sp³-hybridized carbons (Fsp3) is 0.857. The molecule has 2 N–H and O–H groups in total. The van der Waals surface area contributed by atoms with Gasteiger partial charge in [-0.25, -0.2) is 9.59 Å². The van der Waals surface area contributed by atoms with Crippen LogP contribution < -0.4 is 5.32 Å². The molecule has 4 aliphatic rings. The molecule has 8 heteroatoms. The number of carbonyl (C=O) groups excluding carboxylic acids is 2. The van der Waals surface area contributed by atoms with Gasteiger partial charge < -0.3 is 10.4 Å². The average Bonchev–Trinajstić information content (AvgIpc) is 2.99. The maximum absolute atomic E-state index is 12.9. The van der Waals surface area contributed by atoms with Crippen LogP contribution in [-0.2, 0) is 0 Å². The first kappa shape index (κ1) is 14.1. The van der Waals surface area contributed by atoms with Crippen LogP contribution in [0, 0.1) is 0 Å². The number of nitrogens with one attached hydrogen (secondary N) is 1. The van der Waals surface area contributed by atoms with E-state index in [1.165, 1.54) is 6.42 Å². The highest BCUT2D eigenvalue weighted by Gasteiger charge is 2.58. The van der Waals surface area contributed by atoms with E-state index in [4.69, 9.17) is 5.11 Å². The third-order valence-corrected chi connectivity index (χ3v) is 5.31. The first-order chi connectivity index (χ1) is 10.7. The second kappa shape index (κ2) is 5.27. The van der Waals surface area contributed by atoms with Crippen LogP contribution in [0.25, 0.3) is 0 Å². The minimum Gasteiger partial charge on any atom is -0.395 e. The Labute approximate surface area is 129 Å². The number of nitrogens with zero attached hydrogens (tertiary/aromatic N) is 4. The number of carbonyl (C=O) groups is 2. The summed E-state index contributed by atoms with van der Waals surface area (Å²) in [5.74, 6) is 0. The van der Waals surface area contributed by atoms with Crippen molar-refractivity contribution in [1.82, 2.24) is 24.9 Å². The van der Waals surface area contributed by atoms with Gasteiger partial charge in [-0.15, -0.1) is 0 Å². The molecule has 3 aliphatic heterocycles. The van der Waals surface area contributed by atoms with Gasteiger partial charge in [0.1, 0.15) is 6.17 Å². The van der Waals surface area contributed by atoms with Gasteiger partial charge in [0.25, 0.3) is 0 Å². The quantitative estimate of drug-likeness (QED) is 0.766. The fourth-order valence-corrected chi connectivity index (χ4v) is 4.30. The van der Waals surface area contributed by atoms with E-state index in [9.17, 15) is 9.59 Å². The summed E-state index contributed by atoms with van der Waals surface area (Å²) in [4.78, 5) is 32.4. The van der Waals surface area contributed by atoms with Crippen molar-refractivity contribution in [1.29, 1.82) is 0 Å². The van der Waals surface area contributed by atoms with E-state index in [0.717, 1.165) is 25.7 Å². The molecule has 3 saturated heterocycles. The van der Waals surface area contributed by atoms with Crippen molar-refractivity contribution in [3.63, 3.8) is 0 Å². The maximum atomic E-state index is 12.9.